The third kappa shape index (κ3) is 8.55. The summed E-state index contributed by atoms with van der Waals surface area (Å²) >= 11 is 5.99. The second-order valence-corrected chi connectivity index (χ2v) is 10.9. The molecule has 0 amide bonds. The van der Waals surface area contributed by atoms with Gasteiger partial charge in [0.1, 0.15) is 0 Å². The van der Waals surface area contributed by atoms with E-state index in [2.05, 4.69) is 33.9 Å². The molecule has 1 nitrogen and oxygen atoms in total. The predicted molar refractivity (Wildman–Crippen MR) is 85.9 cm³/mol. The molecule has 0 aromatic rings. The number of rotatable bonds is 11. The van der Waals surface area contributed by atoms with Crippen LogP contribution in [0.25, 0.3) is 0 Å². The van der Waals surface area contributed by atoms with E-state index in [1.54, 1.807) is 0 Å². The lowest BCUT2D eigenvalue weighted by Crippen LogP contribution is -2.37. The van der Waals surface area contributed by atoms with Crippen LogP contribution >= 0.6 is 11.6 Å². The Morgan fingerprint density at radius 3 is 2.11 bits per heavy atom. The molecule has 2 atom stereocenters. The number of hydrogen-bond acceptors (Lipinski definition) is 1. The van der Waals surface area contributed by atoms with E-state index < -0.39 is 8.32 Å². The summed E-state index contributed by atoms with van der Waals surface area (Å²) < 4.78 is 6.24. The van der Waals surface area contributed by atoms with Gasteiger partial charge in [0.15, 0.2) is 0 Å². The van der Waals surface area contributed by atoms with Crippen LogP contribution in [0.15, 0.2) is 0 Å². The Labute approximate surface area is 121 Å². The lowest BCUT2D eigenvalue weighted by Gasteiger charge is -2.28. The van der Waals surface area contributed by atoms with Gasteiger partial charge in [-0.3, -0.25) is 0 Å². The molecule has 0 N–H and O–H groups in total. The monoisotopic (exact) mass is 292 g/mol. The zero-order valence-electron chi connectivity index (χ0n) is 13.1. The van der Waals surface area contributed by atoms with Gasteiger partial charge < -0.3 is 4.43 Å². The smallest absolute Gasteiger partial charge is 0.201 e. The summed E-state index contributed by atoms with van der Waals surface area (Å²) in [7, 11) is -1.60. The maximum atomic E-state index is 6.24. The third-order valence-corrected chi connectivity index (χ3v) is 7.25. The van der Waals surface area contributed by atoms with Gasteiger partial charge in [-0.05, 0) is 38.3 Å². The summed E-state index contributed by atoms with van der Waals surface area (Å²) in [6.07, 6.45) is 9.48. The Balaban J connectivity index is 4.04. The van der Waals surface area contributed by atoms with Gasteiger partial charge in [0.25, 0.3) is 0 Å². The highest BCUT2D eigenvalue weighted by atomic mass is 35.5. The van der Waals surface area contributed by atoms with Gasteiger partial charge in [0.05, 0.1) is 0 Å². The van der Waals surface area contributed by atoms with E-state index in [1.165, 1.54) is 38.5 Å². The molecular weight excluding hydrogens is 260 g/mol. The minimum absolute atomic E-state index is 0.432. The Kier molecular flexibility index (Phi) is 10.5. The standard InChI is InChI=1S/C15H33ClOSi/c1-6-9-10-14(7-2)11-12-15(8-3)17-18(4,5)13-16/h14-15H,6-13H2,1-5H3. The van der Waals surface area contributed by atoms with Crippen molar-refractivity contribution in [2.75, 3.05) is 5.50 Å². The van der Waals surface area contributed by atoms with Crippen LogP contribution in [-0.2, 0) is 4.43 Å². The van der Waals surface area contributed by atoms with Crippen LogP contribution in [0, 0.1) is 5.92 Å². The fraction of sp³-hybridized carbons (Fsp3) is 1.00. The van der Waals surface area contributed by atoms with Crippen molar-refractivity contribution >= 4 is 19.9 Å². The molecule has 0 aliphatic carbocycles. The van der Waals surface area contributed by atoms with Crippen molar-refractivity contribution in [3.05, 3.63) is 0 Å². The fourth-order valence-electron chi connectivity index (χ4n) is 2.30. The molecule has 2 unspecified atom stereocenters. The van der Waals surface area contributed by atoms with E-state index in [1.807, 2.05) is 0 Å². The summed E-state index contributed by atoms with van der Waals surface area (Å²) in [5.74, 6) is 0.892. The number of alkyl halides is 1. The van der Waals surface area contributed by atoms with E-state index in [-0.39, 0.29) is 0 Å². The first-order chi connectivity index (χ1) is 8.49. The van der Waals surface area contributed by atoms with Crippen LogP contribution in [0.5, 0.6) is 0 Å². The molecular formula is C15H33ClOSi. The van der Waals surface area contributed by atoms with Crippen molar-refractivity contribution in [1.82, 2.24) is 0 Å². The normalized spacial score (nSPS) is 15.7. The van der Waals surface area contributed by atoms with Crippen LogP contribution < -0.4 is 0 Å². The van der Waals surface area contributed by atoms with Crippen molar-refractivity contribution in [3.8, 4) is 0 Å². The third-order valence-electron chi connectivity index (χ3n) is 3.70. The van der Waals surface area contributed by atoms with Gasteiger partial charge in [-0.1, -0.05) is 46.5 Å². The molecule has 110 valence electrons. The molecule has 18 heavy (non-hydrogen) atoms. The Bertz CT molecular complexity index is 197. The predicted octanol–water partition coefficient (Wildman–Crippen LogP) is 5.76. The van der Waals surface area contributed by atoms with Gasteiger partial charge in [-0.2, -0.15) is 0 Å². The topological polar surface area (TPSA) is 9.23 Å². The maximum absolute atomic E-state index is 6.24. The van der Waals surface area contributed by atoms with Crippen molar-refractivity contribution < 1.29 is 4.43 Å². The Morgan fingerprint density at radius 2 is 1.67 bits per heavy atom. The zero-order valence-corrected chi connectivity index (χ0v) is 14.9. The largest absolute Gasteiger partial charge is 0.413 e. The highest BCUT2D eigenvalue weighted by Crippen LogP contribution is 2.23. The van der Waals surface area contributed by atoms with Crippen molar-refractivity contribution in [1.29, 1.82) is 0 Å². The Morgan fingerprint density at radius 1 is 1.00 bits per heavy atom. The summed E-state index contributed by atoms with van der Waals surface area (Å²) in [5, 5.41) is 0. The first-order valence-electron chi connectivity index (χ1n) is 7.72. The molecule has 0 aromatic carbocycles. The number of halogens is 1. The summed E-state index contributed by atoms with van der Waals surface area (Å²) in [4.78, 5) is 0. The van der Waals surface area contributed by atoms with Crippen molar-refractivity contribution in [3.63, 3.8) is 0 Å². The second-order valence-electron chi connectivity index (χ2n) is 6.04. The van der Waals surface area contributed by atoms with Crippen LogP contribution in [0.4, 0.5) is 0 Å². The highest BCUT2D eigenvalue weighted by Gasteiger charge is 2.25. The van der Waals surface area contributed by atoms with Gasteiger partial charge >= 0.3 is 0 Å². The molecule has 0 fully saturated rings. The van der Waals surface area contributed by atoms with Crippen LogP contribution in [0.2, 0.25) is 13.1 Å². The van der Waals surface area contributed by atoms with E-state index >= 15 is 0 Å². The molecule has 0 saturated carbocycles. The summed E-state index contributed by atoms with van der Waals surface area (Å²) in [6, 6.07) is 0. The minimum atomic E-state index is -1.60. The zero-order chi connectivity index (χ0) is 14.0. The van der Waals surface area contributed by atoms with Crippen molar-refractivity contribution in [2.24, 2.45) is 5.92 Å². The van der Waals surface area contributed by atoms with E-state index in [0.29, 0.717) is 11.6 Å². The molecule has 0 saturated heterocycles. The lowest BCUT2D eigenvalue weighted by molar-refractivity contribution is 0.166. The van der Waals surface area contributed by atoms with Gasteiger partial charge in [0, 0.05) is 11.6 Å². The van der Waals surface area contributed by atoms with E-state index in [0.717, 1.165) is 12.3 Å². The van der Waals surface area contributed by atoms with Gasteiger partial charge in [0.2, 0.25) is 8.32 Å². The summed E-state index contributed by atoms with van der Waals surface area (Å²) in [6.45, 7) is 11.3. The second kappa shape index (κ2) is 10.3. The van der Waals surface area contributed by atoms with Crippen molar-refractivity contribution in [2.45, 2.75) is 84.9 Å². The maximum Gasteiger partial charge on any atom is 0.201 e. The molecule has 0 radical (unpaired) electrons. The van der Waals surface area contributed by atoms with Crippen LogP contribution in [-0.4, -0.2) is 19.9 Å². The average Bonchev–Trinajstić information content (AvgIpc) is 2.37. The molecule has 0 spiro atoms. The van der Waals surface area contributed by atoms with Crippen LogP contribution in [0.3, 0.4) is 0 Å². The van der Waals surface area contributed by atoms with Gasteiger partial charge in [-0.25, -0.2) is 0 Å². The van der Waals surface area contributed by atoms with E-state index in [9.17, 15) is 0 Å². The molecule has 0 aromatic heterocycles. The quantitative estimate of drug-likeness (QED) is 0.347. The molecule has 3 heteroatoms. The fourth-order valence-corrected chi connectivity index (χ4v) is 3.73. The highest BCUT2D eigenvalue weighted by molar-refractivity contribution is 6.77. The first-order valence-corrected chi connectivity index (χ1v) is 11.4. The Hall–Kier alpha value is 0.467. The summed E-state index contributed by atoms with van der Waals surface area (Å²) in [5.41, 5.74) is 0.705. The van der Waals surface area contributed by atoms with E-state index in [4.69, 9.17) is 16.0 Å². The average molecular weight is 293 g/mol. The molecule has 0 aliphatic rings. The number of unbranched alkanes of at least 4 members (excludes halogenated alkanes) is 1. The minimum Gasteiger partial charge on any atom is -0.413 e. The first kappa shape index (κ1) is 18.5. The molecule has 0 aliphatic heterocycles. The lowest BCUT2D eigenvalue weighted by atomic mass is 9.93. The van der Waals surface area contributed by atoms with Gasteiger partial charge in [-0.15, -0.1) is 11.6 Å². The molecule has 0 bridgehead atoms. The SMILES string of the molecule is CCCCC(CC)CCC(CC)O[Si](C)(C)CCl. The number of hydrogen-bond donors (Lipinski definition) is 0. The van der Waals surface area contributed by atoms with Crippen LogP contribution in [0.1, 0.15) is 65.7 Å². The molecule has 0 rings (SSSR count). The molecule has 0 heterocycles.